The number of pyridine rings is 1. The average molecular weight is 553 g/mol. The molecule has 2 saturated heterocycles. The lowest BCUT2D eigenvalue weighted by molar-refractivity contribution is 0.291. The summed E-state index contributed by atoms with van der Waals surface area (Å²) in [5.74, 6) is 2.12. The van der Waals surface area contributed by atoms with E-state index in [2.05, 4.69) is 32.2 Å². The number of likely N-dealkylation sites (tertiary alicyclic amines) is 1. The third-order valence-corrected chi connectivity index (χ3v) is 9.97. The van der Waals surface area contributed by atoms with Crippen LogP contribution in [0, 0.1) is 6.92 Å². The summed E-state index contributed by atoms with van der Waals surface area (Å²) in [4.78, 5) is 23.7. The van der Waals surface area contributed by atoms with Crippen LogP contribution in [0.15, 0.2) is 24.5 Å². The molecule has 2 fully saturated rings. The number of rotatable bonds is 5. The Bertz CT molecular complexity index is 1660. The SMILES string of the molecule is Cc1cc(Nc2cc3nc(-c4cnn5c4CN(S(C)(=O)=O)CC5)sc3cn2)nc(N2C[C@@H]3C[C@H]2CN3C)n1. The number of sulfonamides is 1. The number of thiazole rings is 1. The van der Waals surface area contributed by atoms with Crippen LogP contribution in [0.4, 0.5) is 17.6 Å². The molecule has 0 saturated carbocycles. The van der Waals surface area contributed by atoms with Crippen molar-refractivity contribution in [3.8, 4) is 10.6 Å². The van der Waals surface area contributed by atoms with Crippen LogP contribution in [0.1, 0.15) is 17.8 Å². The fraction of sp³-hybridized carbons (Fsp3) is 0.458. The number of fused-ring (bicyclic) bond motifs is 4. The summed E-state index contributed by atoms with van der Waals surface area (Å²) >= 11 is 1.52. The van der Waals surface area contributed by atoms with E-state index in [0.717, 1.165) is 57.6 Å². The Kier molecular flexibility index (Phi) is 5.44. The summed E-state index contributed by atoms with van der Waals surface area (Å²) in [6.45, 7) is 5.22. The molecule has 0 aromatic carbocycles. The molecule has 3 aliphatic rings. The van der Waals surface area contributed by atoms with Crippen LogP contribution in [0.5, 0.6) is 0 Å². The Morgan fingerprint density at radius 2 is 1.92 bits per heavy atom. The van der Waals surface area contributed by atoms with Crippen LogP contribution in [-0.2, 0) is 23.1 Å². The monoisotopic (exact) mass is 552 g/mol. The Labute approximate surface area is 224 Å². The van der Waals surface area contributed by atoms with Crippen molar-refractivity contribution < 1.29 is 8.42 Å². The van der Waals surface area contributed by atoms with Crippen LogP contribution < -0.4 is 10.2 Å². The van der Waals surface area contributed by atoms with E-state index in [1.807, 2.05) is 29.9 Å². The van der Waals surface area contributed by atoms with E-state index < -0.39 is 10.0 Å². The number of hydrogen-bond acceptors (Lipinski definition) is 11. The van der Waals surface area contributed by atoms with Gasteiger partial charge in [0.25, 0.3) is 0 Å². The molecule has 4 aromatic rings. The van der Waals surface area contributed by atoms with Crippen molar-refractivity contribution in [1.82, 2.24) is 38.9 Å². The van der Waals surface area contributed by atoms with Crippen LogP contribution in [-0.4, -0.2) is 92.4 Å². The highest BCUT2D eigenvalue weighted by Gasteiger charge is 2.42. The molecule has 14 heteroatoms. The number of aromatic nitrogens is 6. The molecule has 0 amide bonds. The zero-order chi connectivity index (χ0) is 26.2. The maximum atomic E-state index is 12.1. The molecule has 0 spiro atoms. The standard InChI is InChI=1S/C24H28N10O2S2/c1-14-6-22(30-24(27-14)33-12-15-7-16(33)11-31(15)2)29-21-8-18-20(10-25-21)37-23(28-18)17-9-26-34-5-4-32(13-19(17)34)38(3,35)36/h6,8-10,15-16H,4-5,7,11-13H2,1-3H3,(H,25,27,29,30)/t15-,16-/m0/s1. The lowest BCUT2D eigenvalue weighted by Crippen LogP contribution is -2.45. The normalized spacial score (nSPS) is 21.9. The number of anilines is 3. The Hall–Kier alpha value is -3.20. The van der Waals surface area contributed by atoms with Crippen molar-refractivity contribution in [2.45, 2.75) is 38.5 Å². The lowest BCUT2D eigenvalue weighted by Gasteiger charge is -2.32. The van der Waals surface area contributed by atoms with Gasteiger partial charge in [-0.25, -0.2) is 23.4 Å². The average Bonchev–Trinajstić information content (AvgIpc) is 3.64. The second-order valence-electron chi connectivity index (χ2n) is 10.3. The molecule has 7 rings (SSSR count). The molecule has 198 valence electrons. The summed E-state index contributed by atoms with van der Waals surface area (Å²) in [6.07, 6.45) is 5.99. The van der Waals surface area contributed by atoms with Gasteiger partial charge < -0.3 is 10.2 Å². The molecular weight excluding hydrogens is 524 g/mol. The van der Waals surface area contributed by atoms with Crippen LogP contribution in [0.25, 0.3) is 20.8 Å². The first-order valence-electron chi connectivity index (χ1n) is 12.6. The minimum absolute atomic E-state index is 0.291. The van der Waals surface area contributed by atoms with Crippen molar-refractivity contribution in [3.63, 3.8) is 0 Å². The largest absolute Gasteiger partial charge is 0.335 e. The predicted octanol–water partition coefficient (Wildman–Crippen LogP) is 2.06. The first-order valence-corrected chi connectivity index (χ1v) is 15.2. The third kappa shape index (κ3) is 4.11. The van der Waals surface area contributed by atoms with Gasteiger partial charge >= 0.3 is 0 Å². The second kappa shape index (κ2) is 8.66. The third-order valence-electron chi connectivity index (χ3n) is 7.68. The number of aryl methyl sites for hydroxylation is 1. The van der Waals surface area contributed by atoms with Gasteiger partial charge in [-0.3, -0.25) is 9.58 Å². The van der Waals surface area contributed by atoms with Crippen LogP contribution >= 0.6 is 11.3 Å². The molecule has 2 bridgehead atoms. The summed E-state index contributed by atoms with van der Waals surface area (Å²) in [5, 5.41) is 8.62. The van der Waals surface area contributed by atoms with Crippen molar-refractivity contribution in [2.75, 3.05) is 43.2 Å². The Balaban J connectivity index is 1.15. The van der Waals surface area contributed by atoms with Gasteiger partial charge in [0.2, 0.25) is 16.0 Å². The van der Waals surface area contributed by atoms with Gasteiger partial charge in [-0.2, -0.15) is 14.4 Å². The second-order valence-corrected chi connectivity index (χ2v) is 13.3. The molecule has 0 aliphatic carbocycles. The Morgan fingerprint density at radius 1 is 1.05 bits per heavy atom. The highest BCUT2D eigenvalue weighted by Crippen LogP contribution is 2.35. The zero-order valence-corrected chi connectivity index (χ0v) is 23.0. The molecule has 3 aliphatic heterocycles. The van der Waals surface area contributed by atoms with Crippen LogP contribution in [0.2, 0.25) is 0 Å². The summed E-state index contributed by atoms with van der Waals surface area (Å²) in [7, 11) is -1.10. The van der Waals surface area contributed by atoms with Gasteiger partial charge in [-0.05, 0) is 20.4 Å². The smallest absolute Gasteiger partial charge is 0.227 e. The van der Waals surface area contributed by atoms with Crippen molar-refractivity contribution in [3.05, 3.63) is 35.9 Å². The summed E-state index contributed by atoms with van der Waals surface area (Å²) < 4.78 is 28.5. The zero-order valence-electron chi connectivity index (χ0n) is 21.4. The van der Waals surface area contributed by atoms with E-state index in [4.69, 9.17) is 15.0 Å². The topological polar surface area (TPSA) is 125 Å². The van der Waals surface area contributed by atoms with Crippen molar-refractivity contribution in [2.24, 2.45) is 0 Å². The Morgan fingerprint density at radius 3 is 2.68 bits per heavy atom. The molecule has 2 atom stereocenters. The molecule has 7 heterocycles. The lowest BCUT2D eigenvalue weighted by atomic mass is 10.2. The van der Waals surface area contributed by atoms with E-state index >= 15 is 0 Å². The molecule has 0 unspecified atom stereocenters. The van der Waals surface area contributed by atoms with E-state index in [1.54, 1.807) is 6.20 Å². The maximum Gasteiger partial charge on any atom is 0.227 e. The van der Waals surface area contributed by atoms with Gasteiger partial charge in [-0.1, -0.05) is 0 Å². The quantitative estimate of drug-likeness (QED) is 0.393. The molecule has 1 N–H and O–H groups in total. The summed E-state index contributed by atoms with van der Waals surface area (Å²) in [5.41, 5.74) is 3.43. The number of nitrogens with zero attached hydrogens (tertiary/aromatic N) is 9. The van der Waals surface area contributed by atoms with E-state index in [1.165, 1.54) is 21.9 Å². The maximum absolute atomic E-state index is 12.1. The highest BCUT2D eigenvalue weighted by atomic mass is 32.2. The first kappa shape index (κ1) is 23.9. The minimum atomic E-state index is -3.28. The predicted molar refractivity (Wildman–Crippen MR) is 146 cm³/mol. The molecule has 0 radical (unpaired) electrons. The van der Waals surface area contributed by atoms with Gasteiger partial charge in [0.1, 0.15) is 16.6 Å². The highest BCUT2D eigenvalue weighted by molar-refractivity contribution is 7.88. The number of likely N-dealkylation sites (N-methyl/N-ethyl adjacent to an activating group) is 1. The minimum Gasteiger partial charge on any atom is -0.335 e. The van der Waals surface area contributed by atoms with E-state index in [9.17, 15) is 8.42 Å². The fourth-order valence-corrected chi connectivity index (χ4v) is 7.41. The molecule has 38 heavy (non-hydrogen) atoms. The summed E-state index contributed by atoms with van der Waals surface area (Å²) in [6, 6.07) is 4.87. The van der Waals surface area contributed by atoms with Crippen molar-refractivity contribution in [1.29, 1.82) is 0 Å². The molecular formula is C24H28N10O2S2. The number of hydrogen-bond donors (Lipinski definition) is 1. The van der Waals surface area contributed by atoms with Crippen molar-refractivity contribution >= 4 is 49.2 Å². The van der Waals surface area contributed by atoms with Gasteiger partial charge in [-0.15, -0.1) is 11.3 Å². The van der Waals surface area contributed by atoms with Crippen LogP contribution in [0.3, 0.4) is 0 Å². The van der Waals surface area contributed by atoms with Gasteiger partial charge in [0, 0.05) is 55.7 Å². The van der Waals surface area contributed by atoms with Gasteiger partial charge in [0.05, 0.1) is 47.0 Å². The molecule has 4 aromatic heterocycles. The van der Waals surface area contributed by atoms with E-state index in [0.29, 0.717) is 43.4 Å². The van der Waals surface area contributed by atoms with E-state index in [-0.39, 0.29) is 0 Å². The molecule has 12 nitrogen and oxygen atoms in total. The van der Waals surface area contributed by atoms with Gasteiger partial charge in [0.15, 0.2) is 0 Å². The number of piperazine rings is 1. The fourth-order valence-electron chi connectivity index (χ4n) is 5.69. The number of nitrogens with one attached hydrogen (secondary N) is 1. The first-order chi connectivity index (χ1) is 18.2.